The first-order valence-electron chi connectivity index (χ1n) is 11.8. The highest BCUT2D eigenvalue weighted by Gasteiger charge is 2.34. The minimum atomic E-state index is -1.10. The third kappa shape index (κ3) is 9.14. The maximum atomic E-state index is 13.7. The van der Waals surface area contributed by atoms with Crippen molar-refractivity contribution in [2.45, 2.75) is 51.8 Å². The highest BCUT2D eigenvalue weighted by Crippen LogP contribution is 2.23. The number of aryl methyl sites for hydroxylation is 1. The van der Waals surface area contributed by atoms with Crippen LogP contribution >= 0.6 is 0 Å². The number of nitrogens with one attached hydrogen (secondary N) is 2. The standard InChI is InChI=1S/C27H35N3O7/c1-17-8-7-9-19(14-17)23(24(33)28-16-22(32)36-6)30(5)25(34)21(29-26(35)37-27(2,3)4)15-18-10-12-20(31)13-11-18/h7-14,21,23,31H,15-16H2,1-6H3,(H,28,33)(H,29,35). The van der Waals surface area contributed by atoms with Gasteiger partial charge >= 0.3 is 12.1 Å². The Labute approximate surface area is 216 Å². The molecule has 2 aromatic carbocycles. The maximum absolute atomic E-state index is 13.7. The topological polar surface area (TPSA) is 134 Å². The van der Waals surface area contributed by atoms with Crippen LogP contribution in [0.2, 0.25) is 0 Å². The van der Waals surface area contributed by atoms with E-state index in [0.29, 0.717) is 11.1 Å². The summed E-state index contributed by atoms with van der Waals surface area (Å²) in [4.78, 5) is 52.4. The molecule has 2 aromatic rings. The van der Waals surface area contributed by atoms with Crippen molar-refractivity contribution >= 4 is 23.9 Å². The molecule has 0 saturated heterocycles. The highest BCUT2D eigenvalue weighted by atomic mass is 16.6. The number of aromatic hydroxyl groups is 1. The van der Waals surface area contributed by atoms with Gasteiger partial charge in [-0.05, 0) is 51.0 Å². The molecule has 0 saturated carbocycles. The van der Waals surface area contributed by atoms with Crippen LogP contribution in [0.3, 0.4) is 0 Å². The molecule has 10 heteroatoms. The molecule has 2 atom stereocenters. The van der Waals surface area contributed by atoms with E-state index < -0.39 is 41.6 Å². The number of ether oxygens (including phenoxy) is 2. The molecule has 0 heterocycles. The fourth-order valence-electron chi connectivity index (χ4n) is 3.61. The van der Waals surface area contributed by atoms with Crippen molar-refractivity contribution in [1.29, 1.82) is 0 Å². The van der Waals surface area contributed by atoms with E-state index in [1.807, 2.05) is 13.0 Å². The average Bonchev–Trinajstić information content (AvgIpc) is 2.82. The molecular formula is C27H35N3O7. The third-order valence-electron chi connectivity index (χ3n) is 5.34. The maximum Gasteiger partial charge on any atom is 0.408 e. The highest BCUT2D eigenvalue weighted by molar-refractivity contribution is 5.93. The first kappa shape index (κ1) is 29.2. The van der Waals surface area contributed by atoms with Gasteiger partial charge < -0.3 is 30.1 Å². The van der Waals surface area contributed by atoms with Gasteiger partial charge in [-0.1, -0.05) is 42.0 Å². The largest absolute Gasteiger partial charge is 0.508 e. The fraction of sp³-hybridized carbons (Fsp3) is 0.407. The van der Waals surface area contributed by atoms with Crippen LogP contribution in [0.15, 0.2) is 48.5 Å². The minimum Gasteiger partial charge on any atom is -0.508 e. The van der Waals surface area contributed by atoms with E-state index >= 15 is 0 Å². The minimum absolute atomic E-state index is 0.0608. The molecule has 0 aliphatic rings. The Morgan fingerprint density at radius 3 is 2.27 bits per heavy atom. The van der Waals surface area contributed by atoms with Gasteiger partial charge in [0.05, 0.1) is 7.11 Å². The van der Waals surface area contributed by atoms with Gasteiger partial charge in [0.2, 0.25) is 11.8 Å². The molecule has 2 rings (SSSR count). The molecule has 37 heavy (non-hydrogen) atoms. The van der Waals surface area contributed by atoms with Crippen molar-refractivity contribution in [2.75, 3.05) is 20.7 Å². The van der Waals surface area contributed by atoms with Crippen LogP contribution in [0.5, 0.6) is 5.75 Å². The molecule has 3 N–H and O–H groups in total. The Morgan fingerprint density at radius 1 is 1.05 bits per heavy atom. The van der Waals surface area contributed by atoms with Crippen molar-refractivity contribution in [3.63, 3.8) is 0 Å². The van der Waals surface area contributed by atoms with E-state index in [9.17, 15) is 24.3 Å². The summed E-state index contributed by atoms with van der Waals surface area (Å²) in [6.07, 6.45) is -0.715. The molecule has 0 aliphatic carbocycles. The zero-order valence-corrected chi connectivity index (χ0v) is 22.0. The predicted octanol–water partition coefficient (Wildman–Crippen LogP) is 2.63. The number of amides is 3. The number of benzene rings is 2. The zero-order valence-electron chi connectivity index (χ0n) is 22.0. The SMILES string of the molecule is COC(=O)CNC(=O)C(c1cccc(C)c1)N(C)C(=O)C(Cc1ccc(O)cc1)NC(=O)OC(C)(C)C. The summed E-state index contributed by atoms with van der Waals surface area (Å²) >= 11 is 0. The molecule has 0 radical (unpaired) electrons. The number of alkyl carbamates (subject to hydrolysis) is 1. The Kier molecular flexibility index (Phi) is 10.0. The van der Waals surface area contributed by atoms with Gasteiger partial charge in [-0.3, -0.25) is 14.4 Å². The summed E-state index contributed by atoms with van der Waals surface area (Å²) in [5.74, 6) is -1.72. The number of carbonyl (C=O) groups is 4. The van der Waals surface area contributed by atoms with Crippen LogP contribution < -0.4 is 10.6 Å². The van der Waals surface area contributed by atoms with Gasteiger partial charge in [0.25, 0.3) is 0 Å². The molecule has 0 spiro atoms. The zero-order chi connectivity index (χ0) is 27.8. The number of rotatable bonds is 9. The Hall–Kier alpha value is -4.08. The van der Waals surface area contributed by atoms with Crippen LogP contribution in [-0.2, 0) is 30.3 Å². The van der Waals surface area contributed by atoms with E-state index in [2.05, 4.69) is 15.4 Å². The second kappa shape index (κ2) is 12.8. The smallest absolute Gasteiger partial charge is 0.408 e. The second-order valence-electron chi connectivity index (χ2n) is 9.63. The lowest BCUT2D eigenvalue weighted by molar-refractivity contribution is -0.143. The molecule has 0 fully saturated rings. The van der Waals surface area contributed by atoms with Crippen molar-refractivity contribution in [3.05, 3.63) is 65.2 Å². The number of phenolic OH excluding ortho intramolecular Hbond substituents is 1. The number of likely N-dealkylation sites (N-methyl/N-ethyl adjacent to an activating group) is 1. The monoisotopic (exact) mass is 513 g/mol. The van der Waals surface area contributed by atoms with E-state index in [0.717, 1.165) is 5.56 Å². The summed E-state index contributed by atoms with van der Waals surface area (Å²) in [6, 6.07) is 11.1. The molecule has 3 amide bonds. The number of esters is 1. The molecule has 2 unspecified atom stereocenters. The normalized spacial score (nSPS) is 12.6. The number of methoxy groups -OCH3 is 1. The second-order valence-corrected chi connectivity index (χ2v) is 9.63. The quantitative estimate of drug-likeness (QED) is 0.439. The Bertz CT molecular complexity index is 1110. The van der Waals surface area contributed by atoms with E-state index in [4.69, 9.17) is 4.74 Å². The molecule has 200 valence electrons. The number of phenols is 1. The van der Waals surface area contributed by atoms with Crippen LogP contribution in [0.1, 0.15) is 43.5 Å². The first-order valence-corrected chi connectivity index (χ1v) is 11.8. The van der Waals surface area contributed by atoms with Crippen LogP contribution in [0, 0.1) is 6.92 Å². The van der Waals surface area contributed by atoms with E-state index in [1.165, 1.54) is 31.2 Å². The molecule has 10 nitrogen and oxygen atoms in total. The Balaban J connectivity index is 2.40. The third-order valence-corrected chi connectivity index (χ3v) is 5.34. The number of carbonyl (C=O) groups excluding carboxylic acids is 4. The van der Waals surface area contributed by atoms with E-state index in [1.54, 1.807) is 51.1 Å². The lowest BCUT2D eigenvalue weighted by Crippen LogP contribution is -2.52. The summed E-state index contributed by atoms with van der Waals surface area (Å²) in [7, 11) is 2.66. The van der Waals surface area contributed by atoms with Crippen molar-refractivity contribution in [2.24, 2.45) is 0 Å². The molecular weight excluding hydrogens is 478 g/mol. The predicted molar refractivity (Wildman–Crippen MR) is 137 cm³/mol. The van der Waals surface area contributed by atoms with Crippen LogP contribution in [0.25, 0.3) is 0 Å². The lowest BCUT2D eigenvalue weighted by Gasteiger charge is -2.31. The average molecular weight is 514 g/mol. The first-order chi connectivity index (χ1) is 17.3. The summed E-state index contributed by atoms with van der Waals surface area (Å²) < 4.78 is 9.95. The van der Waals surface area contributed by atoms with Gasteiger partial charge in [-0.15, -0.1) is 0 Å². The number of hydrogen-bond acceptors (Lipinski definition) is 7. The van der Waals surface area contributed by atoms with Gasteiger partial charge in [-0.25, -0.2) is 4.79 Å². The fourth-order valence-corrected chi connectivity index (χ4v) is 3.61. The number of nitrogens with zero attached hydrogens (tertiary/aromatic N) is 1. The van der Waals surface area contributed by atoms with Gasteiger partial charge in [-0.2, -0.15) is 0 Å². The van der Waals surface area contributed by atoms with Crippen molar-refractivity contribution in [1.82, 2.24) is 15.5 Å². The van der Waals surface area contributed by atoms with Gasteiger partial charge in [0.1, 0.15) is 30.0 Å². The van der Waals surface area contributed by atoms with Gasteiger partial charge in [0.15, 0.2) is 0 Å². The Morgan fingerprint density at radius 2 is 1.70 bits per heavy atom. The summed E-state index contributed by atoms with van der Waals surface area (Å²) in [5, 5.41) is 14.7. The van der Waals surface area contributed by atoms with Gasteiger partial charge in [0, 0.05) is 13.5 Å². The summed E-state index contributed by atoms with van der Waals surface area (Å²) in [5.41, 5.74) is 1.28. The van der Waals surface area contributed by atoms with E-state index in [-0.39, 0.29) is 18.7 Å². The number of hydrogen-bond donors (Lipinski definition) is 3. The molecule has 0 aromatic heterocycles. The van der Waals surface area contributed by atoms with Crippen LogP contribution in [0.4, 0.5) is 4.79 Å². The summed E-state index contributed by atoms with van der Waals surface area (Å²) in [6.45, 7) is 6.60. The van der Waals surface area contributed by atoms with Crippen molar-refractivity contribution < 1.29 is 33.8 Å². The lowest BCUT2D eigenvalue weighted by atomic mass is 10.00. The van der Waals surface area contributed by atoms with Crippen molar-refractivity contribution in [3.8, 4) is 5.75 Å². The van der Waals surface area contributed by atoms with Crippen LogP contribution in [-0.4, -0.2) is 66.2 Å². The molecule has 0 aliphatic heterocycles. The molecule has 0 bridgehead atoms.